The number of hydrogen-bond donors (Lipinski definition) is 1. The van der Waals surface area contributed by atoms with Crippen molar-refractivity contribution in [2.24, 2.45) is 0 Å². The molecule has 0 aromatic heterocycles. The topological polar surface area (TPSA) is 69.7 Å². The Balaban J connectivity index is 1.77. The minimum atomic E-state index is -0.575. The third-order valence-corrected chi connectivity index (χ3v) is 4.28. The fourth-order valence-electron chi connectivity index (χ4n) is 2.79. The van der Waals surface area contributed by atoms with Gasteiger partial charge in [-0.3, -0.25) is 14.4 Å². The lowest BCUT2D eigenvalue weighted by molar-refractivity contribution is -0.148. The third-order valence-electron chi connectivity index (χ3n) is 4.28. The van der Waals surface area contributed by atoms with E-state index in [9.17, 15) is 14.4 Å². The second-order valence-corrected chi connectivity index (χ2v) is 6.79. The molecular weight excluding hydrogens is 318 g/mol. The van der Waals surface area contributed by atoms with Crippen LogP contribution in [0.25, 0.3) is 0 Å². The number of nitrogens with one attached hydrogen (secondary N) is 1. The minimum absolute atomic E-state index is 0.0684. The average molecular weight is 345 g/mol. The van der Waals surface area contributed by atoms with Crippen LogP contribution in [-0.2, 0) is 20.8 Å². The Kier molecular flexibility index (Phi) is 6.56. The number of nitrogens with zero attached hydrogens (tertiary/aromatic N) is 2. The summed E-state index contributed by atoms with van der Waals surface area (Å²) in [4.78, 5) is 39.5. The maximum absolute atomic E-state index is 12.3. The van der Waals surface area contributed by atoms with Gasteiger partial charge in [0.15, 0.2) is 0 Å². The van der Waals surface area contributed by atoms with E-state index >= 15 is 0 Å². The molecule has 3 amide bonds. The molecule has 0 unspecified atom stereocenters. The fraction of sp³-hybridized carbons (Fsp3) is 0.526. The number of carbonyl (C=O) groups excluding carboxylic acids is 3. The van der Waals surface area contributed by atoms with Gasteiger partial charge < -0.3 is 15.1 Å². The lowest BCUT2D eigenvalue weighted by Crippen LogP contribution is -2.54. The Labute approximate surface area is 149 Å². The third kappa shape index (κ3) is 5.59. The first-order valence-corrected chi connectivity index (χ1v) is 8.80. The number of hydrogen-bond acceptors (Lipinski definition) is 3. The van der Waals surface area contributed by atoms with Crippen LogP contribution >= 0.6 is 0 Å². The quantitative estimate of drug-likeness (QED) is 0.832. The van der Waals surface area contributed by atoms with Crippen molar-refractivity contribution in [2.45, 2.75) is 39.7 Å². The van der Waals surface area contributed by atoms with Crippen molar-refractivity contribution in [3.8, 4) is 0 Å². The van der Waals surface area contributed by atoms with E-state index < -0.39 is 11.8 Å². The van der Waals surface area contributed by atoms with Gasteiger partial charge in [-0.1, -0.05) is 29.8 Å². The first-order valence-electron chi connectivity index (χ1n) is 8.80. The largest absolute Gasteiger partial charge is 0.346 e. The first kappa shape index (κ1) is 19.0. The zero-order chi connectivity index (χ0) is 18.4. The summed E-state index contributed by atoms with van der Waals surface area (Å²) in [7, 11) is 0. The first-order chi connectivity index (χ1) is 11.9. The zero-order valence-electron chi connectivity index (χ0n) is 15.2. The molecule has 1 aromatic rings. The summed E-state index contributed by atoms with van der Waals surface area (Å²) >= 11 is 0. The summed E-state index contributed by atoms with van der Waals surface area (Å²) in [6.45, 7) is 7.44. The molecule has 6 heteroatoms. The van der Waals surface area contributed by atoms with Crippen LogP contribution in [0.2, 0.25) is 0 Å². The number of carbonyl (C=O) groups is 3. The average Bonchev–Trinajstić information content (AvgIpc) is 2.60. The molecule has 0 aliphatic carbocycles. The number of rotatable bonds is 4. The highest BCUT2D eigenvalue weighted by Gasteiger charge is 2.27. The van der Waals surface area contributed by atoms with Crippen molar-refractivity contribution in [3.05, 3.63) is 35.4 Å². The lowest BCUT2D eigenvalue weighted by Gasteiger charge is -2.34. The SMILES string of the molecule is Cc1ccc(CCC(=O)N2CCN(C(=O)C(=O)NC(C)C)CC2)cc1. The normalized spacial score (nSPS) is 14.6. The van der Waals surface area contributed by atoms with Crippen molar-refractivity contribution < 1.29 is 14.4 Å². The molecule has 25 heavy (non-hydrogen) atoms. The Bertz CT molecular complexity index is 617. The van der Waals surface area contributed by atoms with E-state index in [4.69, 9.17) is 0 Å². The summed E-state index contributed by atoms with van der Waals surface area (Å²) in [5.41, 5.74) is 2.36. The van der Waals surface area contributed by atoms with Crippen LogP contribution in [0.15, 0.2) is 24.3 Å². The maximum Gasteiger partial charge on any atom is 0.312 e. The van der Waals surface area contributed by atoms with Gasteiger partial charge in [0.2, 0.25) is 5.91 Å². The summed E-state index contributed by atoms with van der Waals surface area (Å²) in [6, 6.07) is 8.12. The summed E-state index contributed by atoms with van der Waals surface area (Å²) < 4.78 is 0. The molecule has 1 heterocycles. The predicted octanol–water partition coefficient (Wildman–Crippen LogP) is 1.12. The highest BCUT2D eigenvalue weighted by Crippen LogP contribution is 2.09. The van der Waals surface area contributed by atoms with Gasteiger partial charge in [0.25, 0.3) is 0 Å². The van der Waals surface area contributed by atoms with E-state index in [1.807, 2.05) is 45.0 Å². The van der Waals surface area contributed by atoms with Crippen molar-refractivity contribution in [1.82, 2.24) is 15.1 Å². The van der Waals surface area contributed by atoms with Crippen molar-refractivity contribution in [3.63, 3.8) is 0 Å². The van der Waals surface area contributed by atoms with Gasteiger partial charge in [-0.25, -0.2) is 0 Å². The lowest BCUT2D eigenvalue weighted by atomic mass is 10.1. The molecule has 6 nitrogen and oxygen atoms in total. The second kappa shape index (κ2) is 8.65. The van der Waals surface area contributed by atoms with E-state index in [0.717, 1.165) is 12.0 Å². The van der Waals surface area contributed by atoms with Crippen LogP contribution in [0, 0.1) is 6.92 Å². The number of piperazine rings is 1. The van der Waals surface area contributed by atoms with Crippen LogP contribution in [0.5, 0.6) is 0 Å². The molecule has 1 aliphatic rings. The number of amides is 3. The van der Waals surface area contributed by atoms with Gasteiger partial charge in [0, 0.05) is 38.6 Å². The fourth-order valence-corrected chi connectivity index (χ4v) is 2.79. The van der Waals surface area contributed by atoms with Crippen molar-refractivity contribution >= 4 is 17.7 Å². The molecule has 1 saturated heterocycles. The molecular formula is C19H27N3O3. The van der Waals surface area contributed by atoms with Crippen molar-refractivity contribution in [2.75, 3.05) is 26.2 Å². The molecule has 1 aliphatic heterocycles. The summed E-state index contributed by atoms with van der Waals surface area (Å²) in [5.74, 6) is -0.992. The highest BCUT2D eigenvalue weighted by atomic mass is 16.2. The Morgan fingerprint density at radius 2 is 1.56 bits per heavy atom. The van der Waals surface area contributed by atoms with Gasteiger partial charge >= 0.3 is 11.8 Å². The van der Waals surface area contributed by atoms with E-state index in [0.29, 0.717) is 32.6 Å². The van der Waals surface area contributed by atoms with Gasteiger partial charge in [-0.2, -0.15) is 0 Å². The smallest absolute Gasteiger partial charge is 0.312 e. The van der Waals surface area contributed by atoms with E-state index in [1.54, 1.807) is 4.90 Å². The molecule has 0 radical (unpaired) electrons. The van der Waals surface area contributed by atoms with Crippen LogP contribution in [0.1, 0.15) is 31.4 Å². The van der Waals surface area contributed by atoms with Crippen LogP contribution < -0.4 is 5.32 Å². The maximum atomic E-state index is 12.3. The monoisotopic (exact) mass is 345 g/mol. The van der Waals surface area contributed by atoms with Crippen LogP contribution in [-0.4, -0.2) is 59.7 Å². The molecule has 0 atom stereocenters. The van der Waals surface area contributed by atoms with Gasteiger partial charge in [-0.05, 0) is 32.8 Å². The van der Waals surface area contributed by atoms with Gasteiger partial charge in [0.1, 0.15) is 0 Å². The molecule has 0 bridgehead atoms. The molecule has 136 valence electrons. The number of benzene rings is 1. The Hall–Kier alpha value is -2.37. The van der Waals surface area contributed by atoms with E-state index in [2.05, 4.69) is 5.32 Å². The molecule has 1 fully saturated rings. The number of aryl methyl sites for hydroxylation is 2. The molecule has 1 aromatic carbocycles. The standard InChI is InChI=1S/C19H27N3O3/c1-14(2)20-18(24)19(25)22-12-10-21(11-13-22)17(23)9-8-16-6-4-15(3)5-7-16/h4-7,14H,8-13H2,1-3H3,(H,20,24). The minimum Gasteiger partial charge on any atom is -0.346 e. The van der Waals surface area contributed by atoms with E-state index in [-0.39, 0.29) is 11.9 Å². The van der Waals surface area contributed by atoms with Gasteiger partial charge in [0.05, 0.1) is 0 Å². The second-order valence-electron chi connectivity index (χ2n) is 6.79. The molecule has 1 N–H and O–H groups in total. The zero-order valence-corrected chi connectivity index (χ0v) is 15.2. The van der Waals surface area contributed by atoms with Crippen LogP contribution in [0.3, 0.4) is 0 Å². The van der Waals surface area contributed by atoms with E-state index in [1.165, 1.54) is 10.5 Å². The van der Waals surface area contributed by atoms with Gasteiger partial charge in [-0.15, -0.1) is 0 Å². The molecule has 0 saturated carbocycles. The summed E-state index contributed by atoms with van der Waals surface area (Å²) in [5, 5.41) is 2.61. The molecule has 0 spiro atoms. The Morgan fingerprint density at radius 3 is 2.12 bits per heavy atom. The van der Waals surface area contributed by atoms with Crippen LogP contribution in [0.4, 0.5) is 0 Å². The highest BCUT2D eigenvalue weighted by molar-refractivity contribution is 6.35. The summed E-state index contributed by atoms with van der Waals surface area (Å²) in [6.07, 6.45) is 1.18. The van der Waals surface area contributed by atoms with Crippen molar-refractivity contribution in [1.29, 1.82) is 0 Å². The Morgan fingerprint density at radius 1 is 1.00 bits per heavy atom. The predicted molar refractivity (Wildman–Crippen MR) is 95.9 cm³/mol. The molecule has 2 rings (SSSR count).